The van der Waals surface area contributed by atoms with Gasteiger partial charge in [-0.25, -0.2) is 4.79 Å². The van der Waals surface area contributed by atoms with Gasteiger partial charge in [0.1, 0.15) is 0 Å². The van der Waals surface area contributed by atoms with Crippen LogP contribution in [0.5, 0.6) is 0 Å². The first kappa shape index (κ1) is 18.2. The first-order valence-electron chi connectivity index (χ1n) is 8.09. The number of non-ortho nitro benzene ring substituents is 1. The molecule has 1 fully saturated rings. The van der Waals surface area contributed by atoms with Crippen molar-refractivity contribution in [1.82, 2.24) is 20.4 Å². The lowest BCUT2D eigenvalue weighted by Crippen LogP contribution is -2.55. The molecule has 24 heavy (non-hydrogen) atoms. The summed E-state index contributed by atoms with van der Waals surface area (Å²) in [7, 11) is 4.15. The van der Waals surface area contributed by atoms with Gasteiger partial charge in [-0.15, -0.1) is 0 Å². The Morgan fingerprint density at radius 1 is 1.33 bits per heavy atom. The fraction of sp³-hybridized carbons (Fsp3) is 0.562. The van der Waals surface area contributed by atoms with E-state index in [1.807, 2.05) is 6.07 Å². The third-order valence-electron chi connectivity index (χ3n) is 4.30. The Morgan fingerprint density at radius 2 is 2.12 bits per heavy atom. The van der Waals surface area contributed by atoms with Gasteiger partial charge in [0.25, 0.3) is 5.69 Å². The number of amides is 2. The Balaban J connectivity index is 1.70. The average Bonchev–Trinajstić information content (AvgIpc) is 2.56. The molecule has 0 saturated carbocycles. The lowest BCUT2D eigenvalue weighted by Gasteiger charge is -2.37. The minimum atomic E-state index is -0.415. The maximum Gasteiger partial charge on any atom is 0.314 e. The molecule has 1 aliphatic heterocycles. The van der Waals surface area contributed by atoms with Gasteiger partial charge >= 0.3 is 6.03 Å². The van der Waals surface area contributed by atoms with Crippen molar-refractivity contribution in [3.05, 3.63) is 39.9 Å². The molecule has 1 aliphatic rings. The van der Waals surface area contributed by atoms with Crippen molar-refractivity contribution in [1.29, 1.82) is 0 Å². The lowest BCUT2D eigenvalue weighted by atomic mass is 10.1. The van der Waals surface area contributed by atoms with Gasteiger partial charge in [-0.3, -0.25) is 15.0 Å². The van der Waals surface area contributed by atoms with Gasteiger partial charge in [0, 0.05) is 50.9 Å². The third kappa shape index (κ3) is 5.47. The number of nitro groups is 1. The van der Waals surface area contributed by atoms with Crippen molar-refractivity contribution in [3.8, 4) is 0 Å². The number of likely N-dealkylation sites (N-methyl/N-ethyl adjacent to an activating group) is 2. The number of urea groups is 1. The Morgan fingerprint density at radius 3 is 2.88 bits per heavy atom. The van der Waals surface area contributed by atoms with E-state index < -0.39 is 4.92 Å². The van der Waals surface area contributed by atoms with Crippen LogP contribution in [0, 0.1) is 10.1 Å². The van der Waals surface area contributed by atoms with Gasteiger partial charge < -0.3 is 15.5 Å². The molecule has 1 heterocycles. The van der Waals surface area contributed by atoms with Crippen molar-refractivity contribution in [2.24, 2.45) is 0 Å². The summed E-state index contributed by atoms with van der Waals surface area (Å²) in [5.41, 5.74) is 0.902. The molecular formula is C16H25N5O3. The van der Waals surface area contributed by atoms with Crippen molar-refractivity contribution in [2.45, 2.75) is 12.5 Å². The molecule has 8 heteroatoms. The van der Waals surface area contributed by atoms with E-state index in [2.05, 4.69) is 34.5 Å². The van der Waals surface area contributed by atoms with Crippen LogP contribution >= 0.6 is 0 Å². The van der Waals surface area contributed by atoms with Gasteiger partial charge in [0.15, 0.2) is 0 Å². The topological polar surface area (TPSA) is 90.8 Å². The van der Waals surface area contributed by atoms with E-state index in [1.165, 1.54) is 12.1 Å². The molecule has 1 atom stereocenters. The number of nitrogens with zero attached hydrogens (tertiary/aromatic N) is 3. The molecule has 132 valence electrons. The van der Waals surface area contributed by atoms with Crippen LogP contribution in [0.15, 0.2) is 24.3 Å². The van der Waals surface area contributed by atoms with Gasteiger partial charge in [0.05, 0.1) is 4.92 Å². The SMILES string of the molecule is CN1CCN(C)[C@@H](CNC(=O)NCCc2cccc([N+](=O)[O-])c2)C1. The fourth-order valence-corrected chi connectivity index (χ4v) is 2.74. The zero-order valence-corrected chi connectivity index (χ0v) is 14.2. The highest BCUT2D eigenvalue weighted by Crippen LogP contribution is 2.13. The summed E-state index contributed by atoms with van der Waals surface area (Å²) in [4.78, 5) is 26.7. The summed E-state index contributed by atoms with van der Waals surface area (Å²) in [6.07, 6.45) is 0.557. The molecular weight excluding hydrogens is 310 g/mol. The highest BCUT2D eigenvalue weighted by Gasteiger charge is 2.22. The zero-order valence-electron chi connectivity index (χ0n) is 14.2. The molecule has 1 aromatic rings. The molecule has 1 saturated heterocycles. The molecule has 2 amide bonds. The Hall–Kier alpha value is -2.19. The molecule has 2 rings (SSSR count). The van der Waals surface area contributed by atoms with Crippen LogP contribution in [0.3, 0.4) is 0 Å². The standard InChI is InChI=1S/C16H25N5O3/c1-19-8-9-20(2)15(12-19)11-18-16(22)17-7-6-13-4-3-5-14(10-13)21(23)24/h3-5,10,15H,6-9,11-12H2,1-2H3,(H2,17,18,22)/t15-/m0/s1. The first-order valence-corrected chi connectivity index (χ1v) is 8.09. The van der Waals surface area contributed by atoms with Crippen molar-refractivity contribution in [3.63, 3.8) is 0 Å². The number of nitrogens with one attached hydrogen (secondary N) is 2. The summed E-state index contributed by atoms with van der Waals surface area (Å²) in [6, 6.07) is 6.57. The Bertz CT molecular complexity index is 581. The number of hydrogen-bond acceptors (Lipinski definition) is 5. The van der Waals surface area contributed by atoms with Crippen LogP contribution in [0.4, 0.5) is 10.5 Å². The van der Waals surface area contributed by atoms with E-state index in [0.29, 0.717) is 25.6 Å². The first-order chi connectivity index (χ1) is 11.5. The van der Waals surface area contributed by atoms with Crippen molar-refractivity contribution in [2.75, 3.05) is 46.8 Å². The second-order valence-corrected chi connectivity index (χ2v) is 6.21. The fourth-order valence-electron chi connectivity index (χ4n) is 2.74. The molecule has 1 aromatic carbocycles. The third-order valence-corrected chi connectivity index (χ3v) is 4.30. The summed E-state index contributed by atoms with van der Waals surface area (Å²) in [5, 5.41) is 16.4. The molecule has 0 spiro atoms. The predicted molar refractivity (Wildman–Crippen MR) is 92.1 cm³/mol. The Labute approximate surface area is 142 Å². The zero-order chi connectivity index (χ0) is 17.5. The van der Waals surface area contributed by atoms with Gasteiger partial charge in [-0.05, 0) is 26.1 Å². The molecule has 8 nitrogen and oxygen atoms in total. The highest BCUT2D eigenvalue weighted by atomic mass is 16.6. The van der Waals surface area contributed by atoms with Crippen LogP contribution in [-0.4, -0.2) is 73.6 Å². The average molecular weight is 335 g/mol. The summed E-state index contributed by atoms with van der Waals surface area (Å²) in [6.45, 7) is 4.01. The van der Waals surface area contributed by atoms with Crippen LogP contribution in [0.2, 0.25) is 0 Å². The van der Waals surface area contributed by atoms with Gasteiger partial charge in [0.2, 0.25) is 0 Å². The van der Waals surface area contributed by atoms with Crippen LogP contribution in [0.25, 0.3) is 0 Å². The van der Waals surface area contributed by atoms with Crippen molar-refractivity contribution >= 4 is 11.7 Å². The van der Waals surface area contributed by atoms with E-state index in [1.54, 1.807) is 6.07 Å². The summed E-state index contributed by atoms with van der Waals surface area (Å²) >= 11 is 0. The van der Waals surface area contributed by atoms with Crippen LogP contribution in [0.1, 0.15) is 5.56 Å². The summed E-state index contributed by atoms with van der Waals surface area (Å²) < 4.78 is 0. The second-order valence-electron chi connectivity index (χ2n) is 6.21. The number of carbonyl (C=O) groups excluding carboxylic acids is 1. The lowest BCUT2D eigenvalue weighted by molar-refractivity contribution is -0.384. The molecule has 2 N–H and O–H groups in total. The molecule has 0 unspecified atom stereocenters. The number of hydrogen-bond donors (Lipinski definition) is 2. The van der Waals surface area contributed by atoms with Gasteiger partial charge in [-0.2, -0.15) is 0 Å². The van der Waals surface area contributed by atoms with Crippen LogP contribution < -0.4 is 10.6 Å². The maximum absolute atomic E-state index is 11.9. The molecule has 0 bridgehead atoms. The molecule has 0 aliphatic carbocycles. The number of carbonyl (C=O) groups is 1. The second kappa shape index (κ2) is 8.60. The van der Waals surface area contributed by atoms with Gasteiger partial charge in [-0.1, -0.05) is 12.1 Å². The normalized spacial score (nSPS) is 19.0. The largest absolute Gasteiger partial charge is 0.338 e. The monoisotopic (exact) mass is 335 g/mol. The van der Waals surface area contributed by atoms with E-state index in [0.717, 1.165) is 25.2 Å². The van der Waals surface area contributed by atoms with E-state index in [-0.39, 0.29) is 11.7 Å². The highest BCUT2D eigenvalue weighted by molar-refractivity contribution is 5.73. The maximum atomic E-state index is 11.9. The number of piperazine rings is 1. The number of nitro benzene ring substituents is 1. The van der Waals surface area contributed by atoms with Crippen LogP contribution in [-0.2, 0) is 6.42 Å². The number of benzene rings is 1. The smallest absolute Gasteiger partial charge is 0.314 e. The van der Waals surface area contributed by atoms with Crippen molar-refractivity contribution < 1.29 is 9.72 Å². The Kier molecular flexibility index (Phi) is 6.51. The molecule has 0 aromatic heterocycles. The van der Waals surface area contributed by atoms with E-state index in [9.17, 15) is 14.9 Å². The predicted octanol–water partition coefficient (Wildman–Crippen LogP) is 0.682. The van der Waals surface area contributed by atoms with E-state index >= 15 is 0 Å². The minimum absolute atomic E-state index is 0.0707. The van der Waals surface area contributed by atoms with E-state index in [4.69, 9.17) is 0 Å². The molecule has 0 radical (unpaired) electrons. The minimum Gasteiger partial charge on any atom is -0.338 e. The summed E-state index contributed by atoms with van der Waals surface area (Å²) in [5.74, 6) is 0. The quantitative estimate of drug-likeness (QED) is 0.589. The number of rotatable bonds is 6.